The van der Waals surface area contributed by atoms with Crippen LogP contribution in [-0.4, -0.2) is 12.1 Å². The summed E-state index contributed by atoms with van der Waals surface area (Å²) in [6.45, 7) is 2.25. The molecule has 0 aliphatic carbocycles. The van der Waals surface area contributed by atoms with Gasteiger partial charge >= 0.3 is 5.97 Å². The molecular formula is C20H38O2. The molecule has 1 aliphatic rings. The van der Waals surface area contributed by atoms with Gasteiger partial charge < -0.3 is 4.74 Å². The Bertz CT molecular complexity index is 260. The van der Waals surface area contributed by atoms with Crippen molar-refractivity contribution in [3.63, 3.8) is 0 Å². The van der Waals surface area contributed by atoms with Crippen LogP contribution in [0.2, 0.25) is 0 Å². The number of hydrogen-bond acceptors (Lipinski definition) is 2. The average Bonchev–Trinajstić information content (AvgIpc) is 2.51. The van der Waals surface area contributed by atoms with Gasteiger partial charge in [-0.05, 0) is 32.1 Å². The molecule has 0 aromatic rings. The molecule has 1 unspecified atom stereocenters. The molecule has 0 amide bonds. The first-order valence-electron chi connectivity index (χ1n) is 10.0. The van der Waals surface area contributed by atoms with E-state index in [1.54, 1.807) is 0 Å². The number of esters is 1. The maximum atomic E-state index is 12.0. The zero-order valence-electron chi connectivity index (χ0n) is 14.9. The van der Waals surface area contributed by atoms with Gasteiger partial charge in [-0.3, -0.25) is 4.79 Å². The lowest BCUT2D eigenvalue weighted by Crippen LogP contribution is -2.18. The van der Waals surface area contributed by atoms with Crippen LogP contribution in [0.15, 0.2) is 0 Å². The second-order valence-electron chi connectivity index (χ2n) is 7.04. The minimum absolute atomic E-state index is 0.0515. The molecule has 1 rings (SSSR count). The van der Waals surface area contributed by atoms with Crippen LogP contribution in [0, 0.1) is 0 Å². The third-order valence-electron chi connectivity index (χ3n) is 4.83. The Morgan fingerprint density at radius 2 is 1.41 bits per heavy atom. The number of hydrogen-bond donors (Lipinski definition) is 0. The molecule has 1 fully saturated rings. The number of cyclic esters (lactones) is 1. The van der Waals surface area contributed by atoms with Crippen molar-refractivity contribution in [2.75, 3.05) is 0 Å². The van der Waals surface area contributed by atoms with Crippen molar-refractivity contribution >= 4 is 5.97 Å². The van der Waals surface area contributed by atoms with E-state index < -0.39 is 0 Å². The summed E-state index contributed by atoms with van der Waals surface area (Å²) in [5.74, 6) is 0.0515. The lowest BCUT2D eigenvalue weighted by Gasteiger charge is -2.18. The van der Waals surface area contributed by atoms with Gasteiger partial charge in [0.1, 0.15) is 6.10 Å². The van der Waals surface area contributed by atoms with Crippen LogP contribution in [-0.2, 0) is 9.53 Å². The molecule has 2 nitrogen and oxygen atoms in total. The van der Waals surface area contributed by atoms with Crippen molar-refractivity contribution in [1.82, 2.24) is 0 Å². The average molecular weight is 311 g/mol. The molecule has 0 aromatic carbocycles. The van der Waals surface area contributed by atoms with Crippen molar-refractivity contribution in [2.45, 2.75) is 122 Å². The predicted octanol–water partition coefficient (Wildman–Crippen LogP) is 6.56. The molecule has 0 spiro atoms. The van der Waals surface area contributed by atoms with Gasteiger partial charge in [0.15, 0.2) is 0 Å². The molecule has 0 bridgehead atoms. The topological polar surface area (TPSA) is 26.3 Å². The van der Waals surface area contributed by atoms with E-state index in [0.717, 1.165) is 19.3 Å². The normalized spacial score (nSPS) is 22.8. The monoisotopic (exact) mass is 310 g/mol. The summed E-state index contributed by atoms with van der Waals surface area (Å²) in [5, 5.41) is 0. The maximum Gasteiger partial charge on any atom is 0.306 e. The lowest BCUT2D eigenvalue weighted by atomic mass is 10.0. The number of rotatable bonds is 6. The molecule has 0 aromatic heterocycles. The molecule has 1 heterocycles. The van der Waals surface area contributed by atoms with Crippen molar-refractivity contribution in [2.24, 2.45) is 0 Å². The Hall–Kier alpha value is -0.530. The highest BCUT2D eigenvalue weighted by atomic mass is 16.5. The Morgan fingerprint density at radius 1 is 0.818 bits per heavy atom. The summed E-state index contributed by atoms with van der Waals surface area (Å²) < 4.78 is 5.76. The third kappa shape index (κ3) is 11.1. The molecule has 2 heteroatoms. The van der Waals surface area contributed by atoms with Gasteiger partial charge in [0, 0.05) is 6.42 Å². The van der Waals surface area contributed by atoms with E-state index in [1.807, 2.05) is 0 Å². The fourth-order valence-corrected chi connectivity index (χ4v) is 3.36. The minimum atomic E-state index is 0.0515. The van der Waals surface area contributed by atoms with Gasteiger partial charge in [0.05, 0.1) is 0 Å². The Labute approximate surface area is 138 Å². The van der Waals surface area contributed by atoms with Gasteiger partial charge in [-0.1, -0.05) is 77.6 Å². The van der Waals surface area contributed by atoms with Gasteiger partial charge in [-0.25, -0.2) is 0 Å². The zero-order chi connectivity index (χ0) is 15.9. The molecule has 1 aliphatic heterocycles. The molecule has 22 heavy (non-hydrogen) atoms. The molecule has 1 saturated heterocycles. The van der Waals surface area contributed by atoms with Gasteiger partial charge in [0.25, 0.3) is 0 Å². The van der Waals surface area contributed by atoms with E-state index in [1.165, 1.54) is 83.5 Å². The minimum Gasteiger partial charge on any atom is -0.462 e. The Kier molecular flexibility index (Phi) is 12.5. The van der Waals surface area contributed by atoms with E-state index in [4.69, 9.17) is 4.74 Å². The van der Waals surface area contributed by atoms with Crippen molar-refractivity contribution in [3.8, 4) is 0 Å². The largest absolute Gasteiger partial charge is 0.462 e. The van der Waals surface area contributed by atoms with Gasteiger partial charge in [-0.15, -0.1) is 0 Å². The van der Waals surface area contributed by atoms with Gasteiger partial charge in [0.2, 0.25) is 0 Å². The second-order valence-corrected chi connectivity index (χ2v) is 7.04. The maximum absolute atomic E-state index is 12.0. The quantitative estimate of drug-likeness (QED) is 0.410. The van der Waals surface area contributed by atoms with Crippen LogP contribution < -0.4 is 0 Å². The van der Waals surface area contributed by atoms with E-state index in [9.17, 15) is 4.79 Å². The van der Waals surface area contributed by atoms with E-state index in [2.05, 4.69) is 6.92 Å². The van der Waals surface area contributed by atoms with Gasteiger partial charge in [-0.2, -0.15) is 0 Å². The standard InChI is InChI=1S/C20H38O2/c1-2-3-4-10-13-16-19-17-14-11-8-6-5-7-9-12-15-18-20(21)22-19/h19H,2-18H2,1H3. The number of carbonyl (C=O) groups is 1. The molecule has 0 saturated carbocycles. The first-order chi connectivity index (χ1) is 10.8. The number of carbonyl (C=O) groups excluding carboxylic acids is 1. The molecule has 0 N–H and O–H groups in total. The van der Waals surface area contributed by atoms with Crippen LogP contribution in [0.5, 0.6) is 0 Å². The summed E-state index contributed by atoms with van der Waals surface area (Å²) in [5.41, 5.74) is 0. The zero-order valence-corrected chi connectivity index (χ0v) is 14.9. The fourth-order valence-electron chi connectivity index (χ4n) is 3.36. The summed E-state index contributed by atoms with van der Waals surface area (Å²) >= 11 is 0. The van der Waals surface area contributed by atoms with E-state index in [0.29, 0.717) is 6.42 Å². The van der Waals surface area contributed by atoms with Crippen LogP contribution in [0.25, 0.3) is 0 Å². The van der Waals surface area contributed by atoms with Crippen LogP contribution >= 0.6 is 0 Å². The first-order valence-corrected chi connectivity index (χ1v) is 10.0. The Morgan fingerprint density at radius 3 is 2.09 bits per heavy atom. The highest BCUT2D eigenvalue weighted by Crippen LogP contribution is 2.19. The SMILES string of the molecule is CCCCCCCC1CCCCCCCCCCCC(=O)O1. The van der Waals surface area contributed by atoms with Crippen molar-refractivity contribution < 1.29 is 9.53 Å². The predicted molar refractivity (Wildman–Crippen MR) is 94.0 cm³/mol. The molecule has 130 valence electrons. The fraction of sp³-hybridized carbons (Fsp3) is 0.950. The van der Waals surface area contributed by atoms with Crippen molar-refractivity contribution in [3.05, 3.63) is 0 Å². The second kappa shape index (κ2) is 14.1. The molecule has 0 radical (unpaired) electrons. The molecular weight excluding hydrogens is 272 g/mol. The number of ether oxygens (including phenoxy) is 1. The lowest BCUT2D eigenvalue weighted by molar-refractivity contribution is -0.150. The highest BCUT2D eigenvalue weighted by molar-refractivity contribution is 5.69. The van der Waals surface area contributed by atoms with Crippen LogP contribution in [0.3, 0.4) is 0 Å². The highest BCUT2D eigenvalue weighted by Gasteiger charge is 2.14. The molecule has 1 atom stereocenters. The van der Waals surface area contributed by atoms with Crippen LogP contribution in [0.1, 0.15) is 116 Å². The van der Waals surface area contributed by atoms with E-state index >= 15 is 0 Å². The van der Waals surface area contributed by atoms with Crippen LogP contribution in [0.4, 0.5) is 0 Å². The smallest absolute Gasteiger partial charge is 0.306 e. The number of unbranched alkanes of at least 4 members (excludes halogenated alkanes) is 4. The first kappa shape index (κ1) is 19.5. The summed E-state index contributed by atoms with van der Waals surface area (Å²) in [7, 11) is 0. The summed E-state index contributed by atoms with van der Waals surface area (Å²) in [6, 6.07) is 0. The summed E-state index contributed by atoms with van der Waals surface area (Å²) in [4.78, 5) is 12.0. The van der Waals surface area contributed by atoms with E-state index in [-0.39, 0.29) is 12.1 Å². The third-order valence-corrected chi connectivity index (χ3v) is 4.83. The Balaban J connectivity index is 2.28. The van der Waals surface area contributed by atoms with Crippen molar-refractivity contribution in [1.29, 1.82) is 0 Å². The summed E-state index contributed by atoms with van der Waals surface area (Å²) in [6.07, 6.45) is 21.0.